The fraction of sp³-hybridized carbons (Fsp3) is 0.500. The maximum atomic E-state index is 13.5. The van der Waals surface area contributed by atoms with Crippen LogP contribution < -0.4 is 0 Å². The topological polar surface area (TPSA) is 71.2 Å². The summed E-state index contributed by atoms with van der Waals surface area (Å²) in [7, 11) is 0. The first-order chi connectivity index (χ1) is 11.9. The van der Waals surface area contributed by atoms with Gasteiger partial charge in [0.1, 0.15) is 5.82 Å². The highest BCUT2D eigenvalue weighted by Gasteiger charge is 2.36. The van der Waals surface area contributed by atoms with Gasteiger partial charge in [0.05, 0.1) is 18.3 Å². The molecule has 1 aromatic heterocycles. The van der Waals surface area contributed by atoms with Crippen LogP contribution in [0.1, 0.15) is 48.8 Å². The number of rotatable bonds is 5. The molecular formula is C18H23FN4O2. The van der Waals surface area contributed by atoms with Gasteiger partial charge < -0.3 is 10.0 Å². The fourth-order valence-corrected chi connectivity index (χ4v) is 3.11. The van der Waals surface area contributed by atoms with Crippen LogP contribution in [0.15, 0.2) is 30.5 Å². The molecule has 0 saturated carbocycles. The quantitative estimate of drug-likeness (QED) is 0.902. The minimum Gasteiger partial charge on any atom is -0.391 e. The fourth-order valence-electron chi connectivity index (χ4n) is 3.11. The number of aryl methyl sites for hydroxylation is 1. The Morgan fingerprint density at radius 1 is 1.44 bits per heavy atom. The van der Waals surface area contributed by atoms with Crippen LogP contribution in [0.4, 0.5) is 4.39 Å². The van der Waals surface area contributed by atoms with Gasteiger partial charge in [-0.15, -0.1) is 5.10 Å². The minimum atomic E-state index is -0.631. The van der Waals surface area contributed by atoms with Gasteiger partial charge in [-0.2, -0.15) is 0 Å². The van der Waals surface area contributed by atoms with Crippen molar-refractivity contribution in [3.8, 4) is 0 Å². The van der Waals surface area contributed by atoms with Crippen molar-refractivity contribution in [1.29, 1.82) is 0 Å². The Morgan fingerprint density at radius 3 is 2.96 bits per heavy atom. The predicted octanol–water partition coefficient (Wildman–Crippen LogP) is 2.41. The summed E-state index contributed by atoms with van der Waals surface area (Å²) in [5, 5.41) is 18.0. The van der Waals surface area contributed by atoms with Crippen molar-refractivity contribution < 1.29 is 14.3 Å². The molecule has 25 heavy (non-hydrogen) atoms. The van der Waals surface area contributed by atoms with Gasteiger partial charge in [-0.3, -0.25) is 9.48 Å². The largest absolute Gasteiger partial charge is 0.391 e. The van der Waals surface area contributed by atoms with E-state index in [4.69, 9.17) is 0 Å². The molecule has 1 aliphatic rings. The van der Waals surface area contributed by atoms with E-state index in [2.05, 4.69) is 24.2 Å². The lowest BCUT2D eigenvalue weighted by atomic mass is 10.0. The highest BCUT2D eigenvalue weighted by Crippen LogP contribution is 2.33. The number of aromatic nitrogens is 3. The van der Waals surface area contributed by atoms with Crippen molar-refractivity contribution in [2.75, 3.05) is 6.54 Å². The molecule has 0 aliphatic carbocycles. The van der Waals surface area contributed by atoms with Crippen LogP contribution in [0.5, 0.6) is 0 Å². The zero-order chi connectivity index (χ0) is 18.0. The van der Waals surface area contributed by atoms with Crippen LogP contribution in [0, 0.1) is 11.7 Å². The van der Waals surface area contributed by atoms with Crippen molar-refractivity contribution in [2.45, 2.75) is 45.4 Å². The van der Waals surface area contributed by atoms with Gasteiger partial charge in [0.25, 0.3) is 5.91 Å². The summed E-state index contributed by atoms with van der Waals surface area (Å²) in [6.07, 6.45) is 2.34. The Labute approximate surface area is 146 Å². The zero-order valence-electron chi connectivity index (χ0n) is 14.5. The number of β-amino-alcohol motifs (C(OH)–C–C–N with tert-alkyl or cyclic N) is 1. The second kappa shape index (κ2) is 7.31. The van der Waals surface area contributed by atoms with E-state index >= 15 is 0 Å². The standard InChI is InChI=1S/C18H23FN4O2/c1-12(2)6-7-22-11-16(20-21-22)18(25)23-10-15(24)9-17(23)13-4-3-5-14(19)8-13/h3-5,8,11-12,15,17,24H,6-7,9-10H2,1-2H3/t15-,17-/m0/s1. The molecule has 134 valence electrons. The average molecular weight is 346 g/mol. The Hall–Kier alpha value is -2.28. The number of carbonyl (C=O) groups is 1. The molecular weight excluding hydrogens is 323 g/mol. The number of likely N-dealkylation sites (tertiary alicyclic amines) is 1. The van der Waals surface area contributed by atoms with Gasteiger partial charge in [0.2, 0.25) is 0 Å². The van der Waals surface area contributed by atoms with E-state index < -0.39 is 6.10 Å². The first kappa shape index (κ1) is 17.5. The third-order valence-corrected chi connectivity index (χ3v) is 4.47. The Kier molecular flexibility index (Phi) is 5.13. The second-order valence-corrected chi connectivity index (χ2v) is 6.97. The van der Waals surface area contributed by atoms with E-state index in [9.17, 15) is 14.3 Å². The molecule has 1 fully saturated rings. The number of amides is 1. The van der Waals surface area contributed by atoms with Crippen LogP contribution in [-0.4, -0.2) is 43.6 Å². The highest BCUT2D eigenvalue weighted by atomic mass is 19.1. The number of aliphatic hydroxyl groups excluding tert-OH is 1. The number of nitrogens with zero attached hydrogens (tertiary/aromatic N) is 4. The van der Waals surface area contributed by atoms with E-state index in [1.54, 1.807) is 27.9 Å². The van der Waals surface area contributed by atoms with Crippen molar-refractivity contribution in [3.05, 3.63) is 47.5 Å². The highest BCUT2D eigenvalue weighted by molar-refractivity contribution is 5.92. The maximum Gasteiger partial charge on any atom is 0.276 e. The molecule has 0 spiro atoms. The molecule has 1 saturated heterocycles. The Balaban J connectivity index is 1.78. The van der Waals surface area contributed by atoms with Crippen LogP contribution in [-0.2, 0) is 6.54 Å². The van der Waals surface area contributed by atoms with Crippen LogP contribution >= 0.6 is 0 Å². The molecule has 0 radical (unpaired) electrons. The van der Waals surface area contributed by atoms with Gasteiger partial charge in [-0.1, -0.05) is 31.2 Å². The van der Waals surface area contributed by atoms with Crippen LogP contribution in [0.3, 0.4) is 0 Å². The van der Waals surface area contributed by atoms with Gasteiger partial charge >= 0.3 is 0 Å². The summed E-state index contributed by atoms with van der Waals surface area (Å²) in [6.45, 7) is 5.16. The monoisotopic (exact) mass is 346 g/mol. The number of halogens is 1. The molecule has 2 heterocycles. The van der Waals surface area contributed by atoms with Crippen LogP contribution in [0.25, 0.3) is 0 Å². The molecule has 0 unspecified atom stereocenters. The predicted molar refractivity (Wildman–Crippen MR) is 90.3 cm³/mol. The molecule has 2 atom stereocenters. The van der Waals surface area contributed by atoms with E-state index in [1.165, 1.54) is 12.1 Å². The third-order valence-electron chi connectivity index (χ3n) is 4.47. The lowest BCUT2D eigenvalue weighted by Gasteiger charge is -2.23. The lowest BCUT2D eigenvalue weighted by Crippen LogP contribution is -2.32. The number of benzene rings is 1. The lowest BCUT2D eigenvalue weighted by molar-refractivity contribution is 0.0709. The molecule has 1 N–H and O–H groups in total. The minimum absolute atomic E-state index is 0.207. The molecule has 6 nitrogen and oxygen atoms in total. The second-order valence-electron chi connectivity index (χ2n) is 6.97. The zero-order valence-corrected chi connectivity index (χ0v) is 14.5. The molecule has 1 amide bonds. The molecule has 7 heteroatoms. The van der Waals surface area contributed by atoms with E-state index in [0.29, 0.717) is 24.4 Å². The van der Waals surface area contributed by atoms with Crippen molar-refractivity contribution in [3.63, 3.8) is 0 Å². The SMILES string of the molecule is CC(C)CCn1cc(C(=O)N2C[C@@H](O)C[C@H]2c2cccc(F)c2)nn1. The summed E-state index contributed by atoms with van der Waals surface area (Å²) >= 11 is 0. The molecule has 0 bridgehead atoms. The average Bonchev–Trinajstić information content (AvgIpc) is 3.19. The van der Waals surface area contributed by atoms with E-state index in [-0.39, 0.29) is 30.0 Å². The number of aliphatic hydroxyl groups is 1. The molecule has 1 aliphatic heterocycles. The number of hydrogen-bond donors (Lipinski definition) is 1. The van der Waals surface area contributed by atoms with Crippen molar-refractivity contribution in [2.24, 2.45) is 5.92 Å². The number of hydrogen-bond acceptors (Lipinski definition) is 4. The number of carbonyl (C=O) groups excluding carboxylic acids is 1. The summed E-state index contributed by atoms with van der Waals surface area (Å²) in [5.41, 5.74) is 0.927. The van der Waals surface area contributed by atoms with Gasteiger partial charge in [-0.25, -0.2) is 4.39 Å². The molecule has 1 aromatic carbocycles. The van der Waals surface area contributed by atoms with Gasteiger partial charge in [0.15, 0.2) is 5.69 Å². The van der Waals surface area contributed by atoms with E-state index in [0.717, 1.165) is 6.42 Å². The summed E-state index contributed by atoms with van der Waals surface area (Å²) < 4.78 is 15.2. The first-order valence-electron chi connectivity index (χ1n) is 8.58. The van der Waals surface area contributed by atoms with E-state index in [1.807, 2.05) is 0 Å². The van der Waals surface area contributed by atoms with Crippen molar-refractivity contribution >= 4 is 5.91 Å². The normalized spacial score (nSPS) is 20.4. The summed E-state index contributed by atoms with van der Waals surface area (Å²) in [5.74, 6) is -0.109. The van der Waals surface area contributed by atoms with Gasteiger partial charge in [0, 0.05) is 13.1 Å². The smallest absolute Gasteiger partial charge is 0.276 e. The van der Waals surface area contributed by atoms with Gasteiger partial charge in [-0.05, 0) is 36.5 Å². The summed E-state index contributed by atoms with van der Waals surface area (Å²) in [6, 6.07) is 5.79. The van der Waals surface area contributed by atoms with Crippen molar-refractivity contribution in [1.82, 2.24) is 19.9 Å². The Morgan fingerprint density at radius 2 is 2.24 bits per heavy atom. The third kappa shape index (κ3) is 4.04. The summed E-state index contributed by atoms with van der Waals surface area (Å²) in [4.78, 5) is 14.4. The Bertz CT molecular complexity index is 746. The molecule has 3 rings (SSSR count). The van der Waals surface area contributed by atoms with Crippen LogP contribution in [0.2, 0.25) is 0 Å². The maximum absolute atomic E-state index is 13.5. The first-order valence-corrected chi connectivity index (χ1v) is 8.58. The molecule has 2 aromatic rings.